The van der Waals surface area contributed by atoms with E-state index in [9.17, 15) is 13.2 Å². The number of carbonyl (C=O) groups is 1. The molecule has 1 heterocycles. The molecule has 0 radical (unpaired) electrons. The Morgan fingerprint density at radius 3 is 2.45 bits per heavy atom. The molecule has 152 valence electrons. The van der Waals surface area contributed by atoms with Crippen molar-refractivity contribution in [1.29, 1.82) is 0 Å². The molecule has 3 rings (SSSR count). The van der Waals surface area contributed by atoms with E-state index in [2.05, 4.69) is 0 Å². The Bertz CT molecular complexity index is 1070. The third-order valence-electron chi connectivity index (χ3n) is 4.73. The number of thiophene rings is 1. The number of nitrogens with zero attached hydrogens (tertiary/aromatic N) is 1. The van der Waals surface area contributed by atoms with Gasteiger partial charge in [-0.1, -0.05) is 24.3 Å². The first kappa shape index (κ1) is 21.1. The van der Waals surface area contributed by atoms with Gasteiger partial charge in [0, 0.05) is 23.7 Å². The number of hydrogen-bond donors (Lipinski definition) is 0. The van der Waals surface area contributed by atoms with Gasteiger partial charge in [0.25, 0.3) is 5.91 Å². The van der Waals surface area contributed by atoms with Crippen LogP contribution in [-0.4, -0.2) is 32.5 Å². The van der Waals surface area contributed by atoms with Gasteiger partial charge < -0.3 is 9.64 Å². The molecule has 7 heteroatoms. The van der Waals surface area contributed by atoms with Gasteiger partial charge in [-0.3, -0.25) is 4.79 Å². The summed E-state index contributed by atoms with van der Waals surface area (Å²) in [5.74, 6) is 0.508. The van der Waals surface area contributed by atoms with Gasteiger partial charge in [-0.15, -0.1) is 11.3 Å². The van der Waals surface area contributed by atoms with Gasteiger partial charge in [0.1, 0.15) is 12.4 Å². The molecule has 0 aliphatic carbocycles. The molecule has 1 aromatic heterocycles. The van der Waals surface area contributed by atoms with E-state index in [1.807, 2.05) is 30.5 Å². The smallest absolute Gasteiger partial charge is 0.254 e. The van der Waals surface area contributed by atoms with E-state index in [1.54, 1.807) is 65.7 Å². The summed E-state index contributed by atoms with van der Waals surface area (Å²) < 4.78 is 29.0. The lowest BCUT2D eigenvalue weighted by Crippen LogP contribution is -2.29. The van der Waals surface area contributed by atoms with Crippen LogP contribution in [0.1, 0.15) is 33.8 Å². The molecule has 3 aromatic rings. The number of rotatable bonds is 7. The number of carbonyl (C=O) groups excluding carboxylic acids is 1. The maximum Gasteiger partial charge on any atom is 0.254 e. The van der Waals surface area contributed by atoms with Crippen molar-refractivity contribution in [2.24, 2.45) is 0 Å². The van der Waals surface area contributed by atoms with E-state index < -0.39 is 9.84 Å². The minimum atomic E-state index is -3.25. The molecular formula is C22H23NO4S2. The average molecular weight is 430 g/mol. The predicted molar refractivity (Wildman–Crippen MR) is 115 cm³/mol. The van der Waals surface area contributed by atoms with E-state index in [1.165, 1.54) is 6.26 Å². The Balaban J connectivity index is 1.71. The van der Waals surface area contributed by atoms with Crippen LogP contribution in [0.2, 0.25) is 0 Å². The SMILES string of the molecule is C[C@H](c1ccc(S(C)(=O)=O)cc1)N(C)C(=O)c1cccc(OCc2cccs2)c1. The summed E-state index contributed by atoms with van der Waals surface area (Å²) in [7, 11) is -1.51. The van der Waals surface area contributed by atoms with Crippen molar-refractivity contribution in [2.45, 2.75) is 24.5 Å². The van der Waals surface area contributed by atoms with Crippen molar-refractivity contribution < 1.29 is 17.9 Å². The van der Waals surface area contributed by atoms with Crippen molar-refractivity contribution in [3.8, 4) is 5.75 Å². The molecule has 2 aromatic carbocycles. The van der Waals surface area contributed by atoms with Crippen LogP contribution < -0.4 is 4.74 Å². The lowest BCUT2D eigenvalue weighted by atomic mass is 10.1. The van der Waals surface area contributed by atoms with Crippen molar-refractivity contribution in [1.82, 2.24) is 4.90 Å². The maximum atomic E-state index is 12.9. The fraction of sp³-hybridized carbons (Fsp3) is 0.227. The molecule has 5 nitrogen and oxygen atoms in total. The zero-order chi connectivity index (χ0) is 21.0. The van der Waals surface area contributed by atoms with Gasteiger partial charge in [0.15, 0.2) is 9.84 Å². The van der Waals surface area contributed by atoms with Crippen LogP contribution in [-0.2, 0) is 16.4 Å². The van der Waals surface area contributed by atoms with E-state index >= 15 is 0 Å². The zero-order valence-electron chi connectivity index (χ0n) is 16.5. The third-order valence-corrected chi connectivity index (χ3v) is 6.71. The molecule has 0 fully saturated rings. The Labute approximate surface area is 175 Å². The average Bonchev–Trinajstić information content (AvgIpc) is 3.24. The molecular weight excluding hydrogens is 406 g/mol. The highest BCUT2D eigenvalue weighted by molar-refractivity contribution is 7.90. The summed E-state index contributed by atoms with van der Waals surface area (Å²) in [6.07, 6.45) is 1.18. The van der Waals surface area contributed by atoms with Crippen LogP contribution in [0.3, 0.4) is 0 Å². The number of sulfone groups is 1. The van der Waals surface area contributed by atoms with Gasteiger partial charge in [0.2, 0.25) is 0 Å². The second-order valence-electron chi connectivity index (χ2n) is 6.83. The molecule has 0 aliphatic rings. The summed E-state index contributed by atoms with van der Waals surface area (Å²) in [5.41, 5.74) is 1.40. The predicted octanol–water partition coefficient (Wildman–Crippen LogP) is 4.56. The number of benzene rings is 2. The molecule has 0 saturated heterocycles. The summed E-state index contributed by atoms with van der Waals surface area (Å²) in [4.78, 5) is 16.0. The quantitative estimate of drug-likeness (QED) is 0.552. The van der Waals surface area contributed by atoms with Crippen molar-refractivity contribution in [3.63, 3.8) is 0 Å². The highest BCUT2D eigenvalue weighted by Gasteiger charge is 2.20. The molecule has 0 aliphatic heterocycles. The molecule has 0 saturated carbocycles. The molecule has 0 unspecified atom stereocenters. The van der Waals surface area contributed by atoms with E-state index in [4.69, 9.17) is 4.74 Å². The Morgan fingerprint density at radius 2 is 1.83 bits per heavy atom. The Morgan fingerprint density at radius 1 is 1.10 bits per heavy atom. The van der Waals surface area contributed by atoms with E-state index in [0.29, 0.717) is 17.9 Å². The third kappa shape index (κ3) is 5.25. The Hall–Kier alpha value is -2.64. The lowest BCUT2D eigenvalue weighted by Gasteiger charge is -2.25. The van der Waals surface area contributed by atoms with Crippen LogP contribution in [0.5, 0.6) is 5.75 Å². The van der Waals surface area contributed by atoms with Crippen LogP contribution in [0.15, 0.2) is 70.9 Å². The molecule has 0 spiro atoms. The maximum absolute atomic E-state index is 12.9. The number of hydrogen-bond acceptors (Lipinski definition) is 5. The van der Waals surface area contributed by atoms with Gasteiger partial charge >= 0.3 is 0 Å². The first-order chi connectivity index (χ1) is 13.8. The summed E-state index contributed by atoms with van der Waals surface area (Å²) in [6, 6.07) is 17.5. The van der Waals surface area contributed by atoms with Crippen molar-refractivity contribution in [2.75, 3.05) is 13.3 Å². The largest absolute Gasteiger partial charge is 0.488 e. The topological polar surface area (TPSA) is 63.7 Å². The number of ether oxygens (including phenoxy) is 1. The Kier molecular flexibility index (Phi) is 6.39. The summed E-state index contributed by atoms with van der Waals surface area (Å²) in [6.45, 7) is 2.37. The zero-order valence-corrected chi connectivity index (χ0v) is 18.2. The monoisotopic (exact) mass is 429 g/mol. The van der Waals surface area contributed by atoms with Crippen LogP contribution in [0.25, 0.3) is 0 Å². The fourth-order valence-electron chi connectivity index (χ4n) is 2.86. The van der Waals surface area contributed by atoms with E-state index in [-0.39, 0.29) is 16.8 Å². The lowest BCUT2D eigenvalue weighted by molar-refractivity contribution is 0.0742. The summed E-state index contributed by atoms with van der Waals surface area (Å²) >= 11 is 1.62. The van der Waals surface area contributed by atoms with Gasteiger partial charge in [-0.05, 0) is 54.3 Å². The van der Waals surface area contributed by atoms with Crippen LogP contribution in [0, 0.1) is 0 Å². The van der Waals surface area contributed by atoms with E-state index in [0.717, 1.165) is 10.4 Å². The van der Waals surface area contributed by atoms with Crippen LogP contribution in [0.4, 0.5) is 0 Å². The van der Waals surface area contributed by atoms with Crippen LogP contribution >= 0.6 is 11.3 Å². The molecule has 0 N–H and O–H groups in total. The molecule has 0 bridgehead atoms. The second kappa shape index (κ2) is 8.80. The summed E-state index contributed by atoms with van der Waals surface area (Å²) in [5, 5.41) is 2.00. The van der Waals surface area contributed by atoms with Gasteiger partial charge in [-0.2, -0.15) is 0 Å². The standard InChI is InChI=1S/C22H23NO4S2/c1-16(17-9-11-21(12-10-17)29(3,25)26)23(2)22(24)18-6-4-7-19(14-18)27-15-20-8-5-13-28-20/h4-14,16H,15H2,1-3H3/t16-/m1/s1. The van der Waals surface area contributed by atoms with Crippen molar-refractivity contribution in [3.05, 3.63) is 82.0 Å². The first-order valence-corrected chi connectivity index (χ1v) is 11.9. The second-order valence-corrected chi connectivity index (χ2v) is 9.88. The highest BCUT2D eigenvalue weighted by atomic mass is 32.2. The molecule has 1 amide bonds. The minimum absolute atomic E-state index is 0.133. The molecule has 1 atom stereocenters. The first-order valence-electron chi connectivity index (χ1n) is 9.08. The molecule has 29 heavy (non-hydrogen) atoms. The van der Waals surface area contributed by atoms with Gasteiger partial charge in [-0.25, -0.2) is 8.42 Å². The number of amides is 1. The normalized spacial score (nSPS) is 12.4. The minimum Gasteiger partial charge on any atom is -0.488 e. The highest BCUT2D eigenvalue weighted by Crippen LogP contribution is 2.24. The van der Waals surface area contributed by atoms with Gasteiger partial charge in [0.05, 0.1) is 10.9 Å². The van der Waals surface area contributed by atoms with Crippen molar-refractivity contribution >= 4 is 27.1 Å². The fourth-order valence-corrected chi connectivity index (χ4v) is 4.11.